The van der Waals surface area contributed by atoms with Crippen LogP contribution in [0, 0.1) is 0 Å². The predicted octanol–water partition coefficient (Wildman–Crippen LogP) is 4.24. The van der Waals surface area contributed by atoms with Crippen LogP contribution in [0.4, 0.5) is 5.69 Å². The first kappa shape index (κ1) is 21.7. The van der Waals surface area contributed by atoms with Crippen LogP contribution >= 0.6 is 28.1 Å². The fourth-order valence-corrected chi connectivity index (χ4v) is 3.34. The normalized spacial score (nSPS) is 15.2. The van der Waals surface area contributed by atoms with Gasteiger partial charge in [0.05, 0.1) is 12.3 Å². The van der Waals surface area contributed by atoms with E-state index in [-0.39, 0.29) is 10.7 Å². The van der Waals surface area contributed by atoms with E-state index in [0.29, 0.717) is 36.0 Å². The lowest BCUT2D eigenvalue weighted by Crippen LogP contribution is -2.54. The molecule has 0 bridgehead atoms. The number of nitrogens with one attached hydrogen (secondary N) is 1. The van der Waals surface area contributed by atoms with E-state index in [0.717, 1.165) is 4.47 Å². The van der Waals surface area contributed by atoms with Crippen LogP contribution in [0.3, 0.4) is 0 Å². The van der Waals surface area contributed by atoms with Crippen molar-refractivity contribution < 1.29 is 19.1 Å². The van der Waals surface area contributed by atoms with E-state index in [1.807, 2.05) is 6.92 Å². The first-order chi connectivity index (χ1) is 14.4. The van der Waals surface area contributed by atoms with E-state index < -0.39 is 11.8 Å². The smallest absolute Gasteiger partial charge is 0.270 e. The molecule has 1 aliphatic heterocycles. The molecular weight excluding hydrogens is 468 g/mol. The standard InChI is InChI=1S/C22H19BrN2O4S/c1-3-11-29-18-10-5-14(13-19(18)28-4-2)12-17-20(26)24-22(30)25(21(17)27)16-8-6-15(23)7-9-16/h3,5-10,12-13H,1,4,11H2,2H3,(H,24,26,30)/b17-12-. The Balaban J connectivity index is 1.96. The maximum absolute atomic E-state index is 13.1. The molecule has 2 aromatic rings. The zero-order chi connectivity index (χ0) is 21.7. The second kappa shape index (κ2) is 9.69. The number of carbonyl (C=O) groups is 2. The SMILES string of the molecule is C=CCOc1ccc(/C=C2/C(=O)NC(=S)N(c3ccc(Br)cc3)C2=O)cc1OCC. The summed E-state index contributed by atoms with van der Waals surface area (Å²) in [6, 6.07) is 12.2. The van der Waals surface area contributed by atoms with Gasteiger partial charge < -0.3 is 9.47 Å². The van der Waals surface area contributed by atoms with E-state index >= 15 is 0 Å². The number of halogens is 1. The molecule has 3 rings (SSSR count). The first-order valence-corrected chi connectivity index (χ1v) is 10.3. The van der Waals surface area contributed by atoms with Crippen molar-refractivity contribution in [2.75, 3.05) is 18.1 Å². The molecule has 1 saturated heterocycles. The number of nitrogens with zero attached hydrogens (tertiary/aromatic N) is 1. The van der Waals surface area contributed by atoms with Crippen LogP contribution in [0.25, 0.3) is 6.08 Å². The van der Waals surface area contributed by atoms with Gasteiger partial charge in [-0.05, 0) is 67.2 Å². The van der Waals surface area contributed by atoms with Gasteiger partial charge in [-0.2, -0.15) is 0 Å². The number of rotatable bonds is 7. The predicted molar refractivity (Wildman–Crippen MR) is 124 cm³/mol. The van der Waals surface area contributed by atoms with Crippen LogP contribution < -0.4 is 19.7 Å². The van der Waals surface area contributed by atoms with Crippen LogP contribution in [-0.2, 0) is 9.59 Å². The van der Waals surface area contributed by atoms with Gasteiger partial charge in [-0.15, -0.1) is 0 Å². The minimum atomic E-state index is -0.552. The Morgan fingerprint density at radius 3 is 2.53 bits per heavy atom. The summed E-state index contributed by atoms with van der Waals surface area (Å²) in [6.45, 7) is 6.26. The molecular formula is C22H19BrN2O4S. The Bertz CT molecular complexity index is 1030. The fraction of sp³-hybridized carbons (Fsp3) is 0.136. The minimum absolute atomic E-state index is 0.0336. The van der Waals surface area contributed by atoms with E-state index in [2.05, 4.69) is 27.8 Å². The number of hydrogen-bond acceptors (Lipinski definition) is 5. The number of thiocarbonyl (C=S) groups is 1. The van der Waals surface area contributed by atoms with Crippen molar-refractivity contribution in [3.05, 3.63) is 70.7 Å². The largest absolute Gasteiger partial charge is 0.490 e. The van der Waals surface area contributed by atoms with E-state index in [1.165, 1.54) is 11.0 Å². The molecule has 2 amide bonds. The van der Waals surface area contributed by atoms with Crippen LogP contribution in [0.5, 0.6) is 11.5 Å². The molecule has 0 radical (unpaired) electrons. The maximum Gasteiger partial charge on any atom is 0.270 e. The highest BCUT2D eigenvalue weighted by Crippen LogP contribution is 2.30. The number of anilines is 1. The third-order valence-electron chi connectivity index (χ3n) is 4.12. The quantitative estimate of drug-likeness (QED) is 0.274. The van der Waals surface area contributed by atoms with Crippen molar-refractivity contribution in [3.8, 4) is 11.5 Å². The van der Waals surface area contributed by atoms with Gasteiger partial charge in [-0.3, -0.25) is 19.8 Å². The third kappa shape index (κ3) is 4.77. The maximum atomic E-state index is 13.1. The van der Waals surface area contributed by atoms with Crippen molar-refractivity contribution in [2.24, 2.45) is 0 Å². The van der Waals surface area contributed by atoms with Gasteiger partial charge in [-0.25, -0.2) is 0 Å². The highest BCUT2D eigenvalue weighted by molar-refractivity contribution is 9.10. The second-order valence-corrected chi connectivity index (χ2v) is 7.48. The molecule has 0 atom stereocenters. The Labute approximate surface area is 188 Å². The van der Waals surface area contributed by atoms with Crippen LogP contribution in [0.15, 0.2) is 65.2 Å². The molecule has 0 unspecified atom stereocenters. The van der Waals surface area contributed by atoms with Gasteiger partial charge in [0.25, 0.3) is 11.8 Å². The highest BCUT2D eigenvalue weighted by atomic mass is 79.9. The highest BCUT2D eigenvalue weighted by Gasteiger charge is 2.34. The monoisotopic (exact) mass is 486 g/mol. The number of benzene rings is 2. The molecule has 0 saturated carbocycles. The molecule has 8 heteroatoms. The van der Waals surface area contributed by atoms with Gasteiger partial charge in [0.2, 0.25) is 0 Å². The molecule has 1 aliphatic rings. The van der Waals surface area contributed by atoms with Crippen molar-refractivity contribution in [1.82, 2.24) is 5.32 Å². The summed E-state index contributed by atoms with van der Waals surface area (Å²) in [6.07, 6.45) is 3.14. The molecule has 1 N–H and O–H groups in total. The average molecular weight is 487 g/mol. The number of ether oxygens (including phenoxy) is 2. The fourth-order valence-electron chi connectivity index (χ4n) is 2.80. The molecule has 2 aromatic carbocycles. The summed E-state index contributed by atoms with van der Waals surface area (Å²) in [5, 5.41) is 2.61. The van der Waals surface area contributed by atoms with Gasteiger partial charge in [0.15, 0.2) is 16.6 Å². The number of hydrogen-bond donors (Lipinski definition) is 1. The zero-order valence-electron chi connectivity index (χ0n) is 16.2. The molecule has 1 heterocycles. The van der Waals surface area contributed by atoms with E-state index in [4.69, 9.17) is 21.7 Å². The average Bonchev–Trinajstić information content (AvgIpc) is 2.72. The van der Waals surface area contributed by atoms with Crippen LogP contribution in [0.2, 0.25) is 0 Å². The summed E-state index contributed by atoms with van der Waals surface area (Å²) in [5.74, 6) is 0.00737. The Hall–Kier alpha value is -2.97. The second-order valence-electron chi connectivity index (χ2n) is 6.17. The van der Waals surface area contributed by atoms with Gasteiger partial charge >= 0.3 is 0 Å². The first-order valence-electron chi connectivity index (χ1n) is 9.12. The molecule has 1 fully saturated rings. The summed E-state index contributed by atoms with van der Waals surface area (Å²) < 4.78 is 12.1. The Morgan fingerprint density at radius 2 is 1.87 bits per heavy atom. The third-order valence-corrected chi connectivity index (χ3v) is 4.94. The van der Waals surface area contributed by atoms with Crippen molar-refractivity contribution >= 4 is 56.8 Å². The van der Waals surface area contributed by atoms with Crippen molar-refractivity contribution in [3.63, 3.8) is 0 Å². The van der Waals surface area contributed by atoms with Crippen molar-refractivity contribution in [1.29, 1.82) is 0 Å². The summed E-state index contributed by atoms with van der Waals surface area (Å²) in [4.78, 5) is 26.9. The summed E-state index contributed by atoms with van der Waals surface area (Å²) in [5.41, 5.74) is 1.14. The minimum Gasteiger partial charge on any atom is -0.490 e. The molecule has 30 heavy (non-hydrogen) atoms. The lowest BCUT2D eigenvalue weighted by molar-refractivity contribution is -0.122. The molecule has 154 valence electrons. The van der Waals surface area contributed by atoms with Gasteiger partial charge in [0, 0.05) is 4.47 Å². The van der Waals surface area contributed by atoms with Crippen LogP contribution in [-0.4, -0.2) is 30.1 Å². The number of carbonyl (C=O) groups excluding carboxylic acids is 2. The lowest BCUT2D eigenvalue weighted by Gasteiger charge is -2.29. The zero-order valence-corrected chi connectivity index (χ0v) is 18.6. The Morgan fingerprint density at radius 1 is 1.13 bits per heavy atom. The van der Waals surface area contributed by atoms with Crippen molar-refractivity contribution in [2.45, 2.75) is 6.92 Å². The van der Waals surface area contributed by atoms with Gasteiger partial charge in [-0.1, -0.05) is 34.7 Å². The lowest BCUT2D eigenvalue weighted by atomic mass is 10.1. The number of amides is 2. The summed E-state index contributed by atoms with van der Waals surface area (Å²) in [7, 11) is 0. The van der Waals surface area contributed by atoms with E-state index in [9.17, 15) is 9.59 Å². The molecule has 6 nitrogen and oxygen atoms in total. The van der Waals surface area contributed by atoms with E-state index in [1.54, 1.807) is 48.5 Å². The topological polar surface area (TPSA) is 67.9 Å². The summed E-state index contributed by atoms with van der Waals surface area (Å²) >= 11 is 8.58. The molecule has 0 spiro atoms. The Kier molecular flexibility index (Phi) is 7.02. The molecule has 0 aliphatic carbocycles. The van der Waals surface area contributed by atoms with Crippen LogP contribution in [0.1, 0.15) is 12.5 Å². The molecule has 0 aromatic heterocycles. The van der Waals surface area contributed by atoms with Gasteiger partial charge in [0.1, 0.15) is 12.2 Å².